The monoisotopic (exact) mass is 291 g/mol. The van der Waals surface area contributed by atoms with Crippen LogP contribution < -0.4 is 5.32 Å². The molecule has 1 aromatic rings. The normalized spacial score (nSPS) is 20.7. The molecule has 5 nitrogen and oxygen atoms in total. The summed E-state index contributed by atoms with van der Waals surface area (Å²) in [6.07, 6.45) is 0.584. The van der Waals surface area contributed by atoms with Crippen LogP contribution >= 0.6 is 0 Å². The first kappa shape index (κ1) is 15.4. The molecule has 2 rings (SSSR count). The number of aryl methyl sites for hydroxylation is 1. The van der Waals surface area contributed by atoms with E-state index in [9.17, 15) is 14.7 Å². The average molecular weight is 291 g/mol. The molecule has 0 radical (unpaired) electrons. The number of hydrogen-bond donors (Lipinski definition) is 2. The van der Waals surface area contributed by atoms with E-state index in [0.29, 0.717) is 6.42 Å². The van der Waals surface area contributed by atoms with E-state index in [1.807, 2.05) is 24.3 Å². The number of nitrogens with one attached hydrogen (secondary N) is 1. The van der Waals surface area contributed by atoms with Gasteiger partial charge in [-0.2, -0.15) is 0 Å². The van der Waals surface area contributed by atoms with Crippen LogP contribution in [0, 0.1) is 0 Å². The standard InChI is InChI=1S/C16H21NO4/c1-15(2,3)21-14(20)17-16(10-13(18)19)9-8-11-6-4-5-7-12(11)16/h4-7H,8-10H2,1-3H3,(H,17,20)(H,18,19). The van der Waals surface area contributed by atoms with E-state index in [-0.39, 0.29) is 6.42 Å². The summed E-state index contributed by atoms with van der Waals surface area (Å²) in [4.78, 5) is 23.3. The van der Waals surface area contributed by atoms with Gasteiger partial charge in [0.15, 0.2) is 0 Å². The summed E-state index contributed by atoms with van der Waals surface area (Å²) < 4.78 is 5.28. The minimum absolute atomic E-state index is 0.150. The first-order valence-electron chi connectivity index (χ1n) is 7.03. The Balaban J connectivity index is 2.28. The average Bonchev–Trinajstić information content (AvgIpc) is 2.65. The number of rotatable bonds is 3. The molecule has 1 atom stereocenters. The van der Waals surface area contributed by atoms with Crippen LogP contribution in [0.4, 0.5) is 4.79 Å². The predicted octanol–water partition coefficient (Wildman–Crippen LogP) is 2.83. The highest BCUT2D eigenvalue weighted by molar-refractivity contribution is 5.74. The molecule has 0 bridgehead atoms. The molecule has 21 heavy (non-hydrogen) atoms. The number of carboxylic acid groups (broad SMARTS) is 1. The molecule has 1 amide bonds. The van der Waals surface area contributed by atoms with Crippen LogP contribution in [0.5, 0.6) is 0 Å². The van der Waals surface area contributed by atoms with Gasteiger partial charge in [0.25, 0.3) is 0 Å². The molecule has 1 aliphatic rings. The van der Waals surface area contributed by atoms with E-state index in [1.54, 1.807) is 20.8 Å². The zero-order chi connectivity index (χ0) is 15.7. The predicted molar refractivity (Wildman–Crippen MR) is 78.1 cm³/mol. The van der Waals surface area contributed by atoms with Crippen LogP contribution in [0.15, 0.2) is 24.3 Å². The zero-order valence-corrected chi connectivity index (χ0v) is 12.6. The van der Waals surface area contributed by atoms with E-state index in [4.69, 9.17) is 4.74 Å². The Morgan fingerprint density at radius 3 is 2.62 bits per heavy atom. The Morgan fingerprint density at radius 1 is 1.33 bits per heavy atom. The van der Waals surface area contributed by atoms with Crippen molar-refractivity contribution in [3.05, 3.63) is 35.4 Å². The van der Waals surface area contributed by atoms with Crippen molar-refractivity contribution in [3.8, 4) is 0 Å². The molecule has 0 heterocycles. The largest absolute Gasteiger partial charge is 0.481 e. The summed E-state index contributed by atoms with van der Waals surface area (Å²) >= 11 is 0. The van der Waals surface area contributed by atoms with Crippen molar-refractivity contribution in [1.82, 2.24) is 5.32 Å². The Bertz CT molecular complexity index is 562. The maximum absolute atomic E-state index is 12.1. The van der Waals surface area contributed by atoms with Gasteiger partial charge < -0.3 is 15.2 Å². The van der Waals surface area contributed by atoms with Crippen LogP contribution in [0.25, 0.3) is 0 Å². The third-order valence-electron chi connectivity index (χ3n) is 3.55. The van der Waals surface area contributed by atoms with E-state index >= 15 is 0 Å². The molecule has 1 aromatic carbocycles. The number of carbonyl (C=O) groups excluding carboxylic acids is 1. The summed E-state index contributed by atoms with van der Waals surface area (Å²) in [6, 6.07) is 7.62. The van der Waals surface area contributed by atoms with Crippen LogP contribution in [-0.2, 0) is 21.5 Å². The molecule has 0 saturated heterocycles. The van der Waals surface area contributed by atoms with Crippen LogP contribution in [0.1, 0.15) is 44.7 Å². The lowest BCUT2D eigenvalue weighted by Crippen LogP contribution is -2.47. The summed E-state index contributed by atoms with van der Waals surface area (Å²) in [5.74, 6) is -0.942. The molecule has 0 aliphatic heterocycles. The zero-order valence-electron chi connectivity index (χ0n) is 12.6. The van der Waals surface area contributed by atoms with E-state index in [1.165, 1.54) is 0 Å². The molecule has 1 unspecified atom stereocenters. The van der Waals surface area contributed by atoms with Gasteiger partial charge in [0, 0.05) is 0 Å². The molecule has 5 heteroatoms. The maximum Gasteiger partial charge on any atom is 0.408 e. The lowest BCUT2D eigenvalue weighted by Gasteiger charge is -2.31. The molecule has 0 fully saturated rings. The smallest absolute Gasteiger partial charge is 0.408 e. The van der Waals surface area contributed by atoms with Crippen molar-refractivity contribution < 1.29 is 19.4 Å². The Hall–Kier alpha value is -2.04. The molecular formula is C16H21NO4. The van der Waals surface area contributed by atoms with Gasteiger partial charge in [0.1, 0.15) is 5.60 Å². The number of hydrogen-bond acceptors (Lipinski definition) is 3. The van der Waals surface area contributed by atoms with Gasteiger partial charge in [0.05, 0.1) is 12.0 Å². The maximum atomic E-state index is 12.1. The number of carbonyl (C=O) groups is 2. The number of fused-ring (bicyclic) bond motifs is 1. The second-order valence-corrected chi connectivity index (χ2v) is 6.44. The van der Waals surface area contributed by atoms with Crippen molar-refractivity contribution in [2.75, 3.05) is 0 Å². The fourth-order valence-electron chi connectivity index (χ4n) is 2.80. The van der Waals surface area contributed by atoms with Gasteiger partial charge in [-0.05, 0) is 44.7 Å². The highest BCUT2D eigenvalue weighted by Gasteiger charge is 2.42. The summed E-state index contributed by atoms with van der Waals surface area (Å²) in [6.45, 7) is 5.33. The first-order valence-corrected chi connectivity index (χ1v) is 7.03. The molecule has 0 saturated carbocycles. The second kappa shape index (κ2) is 5.39. The van der Waals surface area contributed by atoms with E-state index in [2.05, 4.69) is 5.32 Å². The third-order valence-corrected chi connectivity index (χ3v) is 3.55. The van der Waals surface area contributed by atoms with Crippen LogP contribution in [0.3, 0.4) is 0 Å². The van der Waals surface area contributed by atoms with Gasteiger partial charge in [-0.1, -0.05) is 24.3 Å². The quantitative estimate of drug-likeness (QED) is 0.898. The summed E-state index contributed by atoms with van der Waals surface area (Å²) in [7, 11) is 0. The number of aliphatic carboxylic acids is 1. The molecule has 114 valence electrons. The van der Waals surface area contributed by atoms with Crippen molar-refractivity contribution in [3.63, 3.8) is 0 Å². The lowest BCUT2D eigenvalue weighted by molar-refractivity contribution is -0.138. The van der Waals surface area contributed by atoms with Gasteiger partial charge in [0.2, 0.25) is 0 Å². The molecule has 0 spiro atoms. The van der Waals surface area contributed by atoms with Crippen LogP contribution in [-0.4, -0.2) is 22.8 Å². The second-order valence-electron chi connectivity index (χ2n) is 6.44. The lowest BCUT2D eigenvalue weighted by atomic mass is 9.88. The molecule has 0 aromatic heterocycles. The summed E-state index contributed by atoms with van der Waals surface area (Å²) in [5, 5.41) is 12.0. The van der Waals surface area contributed by atoms with Crippen molar-refractivity contribution in [2.24, 2.45) is 0 Å². The van der Waals surface area contributed by atoms with Gasteiger partial charge in [-0.25, -0.2) is 4.79 Å². The third kappa shape index (κ3) is 3.54. The van der Waals surface area contributed by atoms with Crippen LogP contribution in [0.2, 0.25) is 0 Å². The van der Waals surface area contributed by atoms with E-state index < -0.39 is 23.2 Å². The topological polar surface area (TPSA) is 75.6 Å². The SMILES string of the molecule is CC(C)(C)OC(=O)NC1(CC(=O)O)CCc2ccccc21. The highest BCUT2D eigenvalue weighted by atomic mass is 16.6. The highest BCUT2D eigenvalue weighted by Crippen LogP contribution is 2.39. The fraction of sp³-hybridized carbons (Fsp3) is 0.500. The number of alkyl carbamates (subject to hydrolysis) is 1. The Kier molecular flexibility index (Phi) is 3.94. The van der Waals surface area contributed by atoms with Gasteiger partial charge >= 0.3 is 12.1 Å². The van der Waals surface area contributed by atoms with Crippen molar-refractivity contribution in [2.45, 2.75) is 51.2 Å². The number of amides is 1. The van der Waals surface area contributed by atoms with E-state index in [0.717, 1.165) is 17.5 Å². The van der Waals surface area contributed by atoms with Gasteiger partial charge in [-0.3, -0.25) is 4.79 Å². The van der Waals surface area contributed by atoms with Crippen molar-refractivity contribution >= 4 is 12.1 Å². The molecule has 2 N–H and O–H groups in total. The fourth-order valence-corrected chi connectivity index (χ4v) is 2.80. The number of benzene rings is 1. The minimum Gasteiger partial charge on any atom is -0.481 e. The Morgan fingerprint density at radius 2 is 2.00 bits per heavy atom. The summed E-state index contributed by atoms with van der Waals surface area (Å²) in [5.41, 5.74) is 0.449. The van der Waals surface area contributed by atoms with Gasteiger partial charge in [-0.15, -0.1) is 0 Å². The minimum atomic E-state index is -0.942. The number of ether oxygens (including phenoxy) is 1. The number of carboxylic acids is 1. The first-order chi connectivity index (χ1) is 9.72. The Labute approximate surface area is 124 Å². The van der Waals surface area contributed by atoms with Crippen molar-refractivity contribution in [1.29, 1.82) is 0 Å². The molecule has 1 aliphatic carbocycles. The molecular weight excluding hydrogens is 270 g/mol.